The summed E-state index contributed by atoms with van der Waals surface area (Å²) in [4.78, 5) is 9.10. The monoisotopic (exact) mass is 414 g/mol. The van der Waals surface area contributed by atoms with Crippen molar-refractivity contribution in [1.82, 2.24) is 15.6 Å². The van der Waals surface area contributed by atoms with Crippen molar-refractivity contribution in [3.8, 4) is 0 Å². The standard InChI is InChI=1S/C17H26N4.HI/c1-2-7-15(8-3-1)20-17(21-16-9-10-16)19-13-11-14-6-4-5-12-18-14;/h4-6,12,15-16H,1-3,7-11,13H2,(H2,19,20,21);1H. The summed E-state index contributed by atoms with van der Waals surface area (Å²) in [5.74, 6) is 1.01. The lowest BCUT2D eigenvalue weighted by atomic mass is 9.96. The molecule has 5 heteroatoms. The highest BCUT2D eigenvalue weighted by Crippen LogP contribution is 2.20. The third-order valence-electron chi connectivity index (χ3n) is 4.23. The van der Waals surface area contributed by atoms with Gasteiger partial charge in [0.2, 0.25) is 0 Å². The summed E-state index contributed by atoms with van der Waals surface area (Å²) in [6, 6.07) is 7.32. The van der Waals surface area contributed by atoms with Gasteiger partial charge in [0.25, 0.3) is 0 Å². The minimum Gasteiger partial charge on any atom is -0.354 e. The number of rotatable bonds is 5. The lowest BCUT2D eigenvalue weighted by molar-refractivity contribution is 0.409. The molecule has 2 saturated carbocycles. The second-order valence-electron chi connectivity index (χ2n) is 6.20. The van der Waals surface area contributed by atoms with Gasteiger partial charge in [-0.3, -0.25) is 9.98 Å². The molecule has 3 rings (SSSR count). The van der Waals surface area contributed by atoms with E-state index in [1.165, 1.54) is 44.9 Å². The highest BCUT2D eigenvalue weighted by Gasteiger charge is 2.23. The first-order valence-corrected chi connectivity index (χ1v) is 8.37. The van der Waals surface area contributed by atoms with Crippen molar-refractivity contribution >= 4 is 29.9 Å². The van der Waals surface area contributed by atoms with Crippen molar-refractivity contribution in [2.24, 2.45) is 4.99 Å². The maximum atomic E-state index is 4.75. The van der Waals surface area contributed by atoms with Gasteiger partial charge >= 0.3 is 0 Å². The van der Waals surface area contributed by atoms with Gasteiger partial charge in [-0.2, -0.15) is 0 Å². The zero-order valence-corrected chi connectivity index (χ0v) is 15.5. The van der Waals surface area contributed by atoms with Gasteiger partial charge in [0.15, 0.2) is 5.96 Å². The van der Waals surface area contributed by atoms with Gasteiger partial charge in [-0.1, -0.05) is 25.3 Å². The molecule has 2 N–H and O–H groups in total. The molecule has 0 radical (unpaired) electrons. The van der Waals surface area contributed by atoms with E-state index in [0.717, 1.165) is 24.6 Å². The van der Waals surface area contributed by atoms with Gasteiger partial charge in [0, 0.05) is 36.9 Å². The number of aromatic nitrogens is 1. The Morgan fingerprint density at radius 1 is 1.05 bits per heavy atom. The number of halogens is 1. The molecule has 0 saturated heterocycles. The quantitative estimate of drug-likeness (QED) is 0.442. The summed E-state index contributed by atoms with van der Waals surface area (Å²) >= 11 is 0. The average molecular weight is 414 g/mol. The number of hydrogen-bond donors (Lipinski definition) is 2. The van der Waals surface area contributed by atoms with Crippen molar-refractivity contribution < 1.29 is 0 Å². The van der Waals surface area contributed by atoms with Crippen LogP contribution in [0.5, 0.6) is 0 Å². The molecule has 1 heterocycles. The SMILES string of the molecule is I.c1ccc(CCN=C(NC2CCCCC2)NC2CC2)nc1. The zero-order valence-electron chi connectivity index (χ0n) is 13.1. The number of nitrogens with zero attached hydrogens (tertiary/aromatic N) is 2. The second kappa shape index (κ2) is 9.33. The Morgan fingerprint density at radius 3 is 2.41 bits per heavy atom. The molecule has 0 aromatic carbocycles. The first-order valence-electron chi connectivity index (χ1n) is 8.37. The number of aliphatic imine (C=N–C) groups is 1. The highest BCUT2D eigenvalue weighted by molar-refractivity contribution is 14.0. The molecule has 122 valence electrons. The van der Waals surface area contributed by atoms with Gasteiger partial charge < -0.3 is 10.6 Å². The molecule has 1 aromatic rings. The Morgan fingerprint density at radius 2 is 1.77 bits per heavy atom. The van der Waals surface area contributed by atoms with Crippen LogP contribution in [0.2, 0.25) is 0 Å². The maximum Gasteiger partial charge on any atom is 0.191 e. The molecular formula is C17H27IN4. The van der Waals surface area contributed by atoms with Gasteiger partial charge in [-0.25, -0.2) is 0 Å². The van der Waals surface area contributed by atoms with Crippen LogP contribution >= 0.6 is 24.0 Å². The van der Waals surface area contributed by atoms with Crippen molar-refractivity contribution in [2.75, 3.05) is 6.54 Å². The number of nitrogens with one attached hydrogen (secondary N) is 2. The van der Waals surface area contributed by atoms with Crippen molar-refractivity contribution in [3.63, 3.8) is 0 Å². The van der Waals surface area contributed by atoms with Gasteiger partial charge in [0.05, 0.1) is 0 Å². The summed E-state index contributed by atoms with van der Waals surface area (Å²) in [7, 11) is 0. The fourth-order valence-corrected chi connectivity index (χ4v) is 2.82. The van der Waals surface area contributed by atoms with Gasteiger partial charge in [0.1, 0.15) is 0 Å². The van der Waals surface area contributed by atoms with Crippen LogP contribution in [0.25, 0.3) is 0 Å². The number of pyridine rings is 1. The van der Waals surface area contributed by atoms with E-state index in [0.29, 0.717) is 12.1 Å². The van der Waals surface area contributed by atoms with E-state index >= 15 is 0 Å². The summed E-state index contributed by atoms with van der Waals surface area (Å²) < 4.78 is 0. The van der Waals surface area contributed by atoms with E-state index in [1.54, 1.807) is 0 Å². The molecule has 0 spiro atoms. The molecule has 4 nitrogen and oxygen atoms in total. The zero-order chi connectivity index (χ0) is 14.3. The summed E-state index contributed by atoms with van der Waals surface area (Å²) in [5, 5.41) is 7.18. The first-order chi connectivity index (χ1) is 10.4. The fourth-order valence-electron chi connectivity index (χ4n) is 2.82. The van der Waals surface area contributed by atoms with Crippen LogP contribution in [-0.2, 0) is 6.42 Å². The van der Waals surface area contributed by atoms with Crippen LogP contribution in [0.4, 0.5) is 0 Å². The molecule has 0 amide bonds. The van der Waals surface area contributed by atoms with Crippen LogP contribution in [0.1, 0.15) is 50.6 Å². The van der Waals surface area contributed by atoms with Gasteiger partial charge in [-0.05, 0) is 37.8 Å². The number of guanidine groups is 1. The smallest absolute Gasteiger partial charge is 0.191 e. The Kier molecular flexibility index (Phi) is 7.42. The molecule has 2 aliphatic carbocycles. The number of hydrogen-bond acceptors (Lipinski definition) is 2. The molecule has 0 unspecified atom stereocenters. The molecular weight excluding hydrogens is 387 g/mol. The molecule has 2 aliphatic rings. The van der Waals surface area contributed by atoms with E-state index in [2.05, 4.69) is 21.7 Å². The second-order valence-corrected chi connectivity index (χ2v) is 6.20. The lowest BCUT2D eigenvalue weighted by Crippen LogP contribution is -2.45. The normalized spacial score (nSPS) is 19.4. The van der Waals surface area contributed by atoms with Crippen LogP contribution in [-0.4, -0.2) is 29.6 Å². The summed E-state index contributed by atoms with van der Waals surface area (Å²) in [6.45, 7) is 0.797. The fraction of sp³-hybridized carbons (Fsp3) is 0.647. The average Bonchev–Trinajstić information content (AvgIpc) is 3.33. The van der Waals surface area contributed by atoms with E-state index in [1.807, 2.05) is 18.3 Å². The van der Waals surface area contributed by atoms with Crippen molar-refractivity contribution in [3.05, 3.63) is 30.1 Å². The van der Waals surface area contributed by atoms with Crippen LogP contribution in [0.3, 0.4) is 0 Å². The maximum absolute atomic E-state index is 4.75. The Hall–Kier alpha value is -0.850. The third kappa shape index (κ3) is 6.10. The summed E-state index contributed by atoms with van der Waals surface area (Å²) in [6.07, 6.45) is 12.0. The van der Waals surface area contributed by atoms with Crippen LogP contribution in [0.15, 0.2) is 29.4 Å². The Balaban J connectivity index is 0.00000176. The van der Waals surface area contributed by atoms with Gasteiger partial charge in [-0.15, -0.1) is 24.0 Å². The van der Waals surface area contributed by atoms with E-state index in [9.17, 15) is 0 Å². The van der Waals surface area contributed by atoms with Crippen LogP contribution in [0, 0.1) is 0 Å². The minimum atomic E-state index is 0. The molecule has 0 aliphatic heterocycles. The largest absolute Gasteiger partial charge is 0.354 e. The third-order valence-corrected chi connectivity index (χ3v) is 4.23. The lowest BCUT2D eigenvalue weighted by Gasteiger charge is -2.25. The predicted octanol–water partition coefficient (Wildman–Crippen LogP) is 3.27. The summed E-state index contributed by atoms with van der Waals surface area (Å²) in [5.41, 5.74) is 1.12. The van der Waals surface area contributed by atoms with E-state index in [-0.39, 0.29) is 24.0 Å². The van der Waals surface area contributed by atoms with Crippen molar-refractivity contribution in [2.45, 2.75) is 63.5 Å². The molecule has 0 atom stereocenters. The predicted molar refractivity (Wildman–Crippen MR) is 102 cm³/mol. The van der Waals surface area contributed by atoms with E-state index in [4.69, 9.17) is 4.99 Å². The molecule has 22 heavy (non-hydrogen) atoms. The van der Waals surface area contributed by atoms with Crippen molar-refractivity contribution in [1.29, 1.82) is 0 Å². The molecule has 2 fully saturated rings. The Bertz CT molecular complexity index is 453. The Labute approximate surface area is 150 Å². The van der Waals surface area contributed by atoms with Crippen LogP contribution < -0.4 is 10.6 Å². The highest BCUT2D eigenvalue weighted by atomic mass is 127. The first kappa shape index (κ1) is 17.5. The molecule has 1 aromatic heterocycles. The topological polar surface area (TPSA) is 49.3 Å². The van der Waals surface area contributed by atoms with E-state index < -0.39 is 0 Å². The minimum absolute atomic E-state index is 0. The molecule has 0 bridgehead atoms.